The number of aromatic nitrogens is 1. The summed E-state index contributed by atoms with van der Waals surface area (Å²) in [5.74, 6) is -0.992. The summed E-state index contributed by atoms with van der Waals surface area (Å²) in [7, 11) is -3.74. The number of aryl methyl sites for hydroxylation is 1. The number of carbonyl (C=O) groups is 2. The van der Waals surface area contributed by atoms with Crippen LogP contribution in [0, 0.1) is 13.8 Å². The van der Waals surface area contributed by atoms with E-state index in [4.69, 9.17) is 4.74 Å². The molecule has 0 aliphatic heterocycles. The first-order chi connectivity index (χ1) is 13.7. The van der Waals surface area contributed by atoms with Gasteiger partial charge in [0, 0.05) is 16.9 Å². The van der Waals surface area contributed by atoms with E-state index in [0.717, 1.165) is 0 Å². The zero-order chi connectivity index (χ0) is 22.9. The van der Waals surface area contributed by atoms with Gasteiger partial charge in [-0.2, -0.15) is 0 Å². The van der Waals surface area contributed by atoms with Gasteiger partial charge < -0.3 is 15.0 Å². The van der Waals surface area contributed by atoms with E-state index in [2.05, 4.69) is 15.0 Å². The third kappa shape index (κ3) is 5.70. The van der Waals surface area contributed by atoms with Crippen LogP contribution in [-0.4, -0.2) is 36.9 Å². The molecule has 2 aromatic rings. The van der Waals surface area contributed by atoms with Crippen molar-refractivity contribution in [2.24, 2.45) is 0 Å². The van der Waals surface area contributed by atoms with Crippen molar-refractivity contribution in [3.63, 3.8) is 0 Å². The molecule has 0 aliphatic carbocycles. The largest absolute Gasteiger partial charge is 0.459 e. The predicted octanol–water partition coefficient (Wildman–Crippen LogP) is 3.53. The quantitative estimate of drug-likeness (QED) is 0.600. The summed E-state index contributed by atoms with van der Waals surface area (Å²) in [5, 5.41) is 2.68. The van der Waals surface area contributed by atoms with Crippen LogP contribution >= 0.6 is 0 Å². The van der Waals surface area contributed by atoms with Crippen molar-refractivity contribution in [1.29, 1.82) is 0 Å². The Morgan fingerprint density at radius 2 is 1.77 bits per heavy atom. The molecule has 0 bridgehead atoms. The van der Waals surface area contributed by atoms with Gasteiger partial charge >= 0.3 is 5.97 Å². The number of hydrogen-bond acceptors (Lipinski definition) is 5. The van der Waals surface area contributed by atoms with Gasteiger partial charge in [-0.3, -0.25) is 4.79 Å². The summed E-state index contributed by atoms with van der Waals surface area (Å²) < 4.78 is 32.9. The van der Waals surface area contributed by atoms with E-state index in [1.165, 1.54) is 12.1 Å². The monoisotopic (exact) mass is 435 g/mol. The van der Waals surface area contributed by atoms with E-state index in [1.54, 1.807) is 60.6 Å². The van der Waals surface area contributed by atoms with Crippen molar-refractivity contribution < 1.29 is 22.7 Å². The van der Waals surface area contributed by atoms with Gasteiger partial charge in [0.15, 0.2) is 0 Å². The smallest absolute Gasteiger partial charge is 0.340 e. The Labute approximate surface area is 177 Å². The predicted molar refractivity (Wildman–Crippen MR) is 115 cm³/mol. The number of H-pyrrole nitrogens is 1. The average Bonchev–Trinajstić information content (AvgIpc) is 2.87. The van der Waals surface area contributed by atoms with Crippen LogP contribution in [-0.2, 0) is 14.8 Å². The number of amides is 1. The lowest BCUT2D eigenvalue weighted by atomic mass is 10.1. The minimum Gasteiger partial charge on any atom is -0.459 e. The molecular formula is C21H29N3O5S. The van der Waals surface area contributed by atoms with Crippen LogP contribution in [0.5, 0.6) is 0 Å². The lowest BCUT2D eigenvalue weighted by Gasteiger charge is -2.20. The van der Waals surface area contributed by atoms with Gasteiger partial charge in [0.25, 0.3) is 5.91 Å². The van der Waals surface area contributed by atoms with E-state index in [9.17, 15) is 18.0 Å². The van der Waals surface area contributed by atoms with E-state index in [1.807, 2.05) is 0 Å². The maximum absolute atomic E-state index is 12.8. The van der Waals surface area contributed by atoms with Crippen molar-refractivity contribution in [2.45, 2.75) is 65.0 Å². The molecule has 0 radical (unpaired) electrons. The Morgan fingerprint density at radius 3 is 2.33 bits per heavy atom. The fraction of sp³-hybridized carbons (Fsp3) is 0.429. The number of sulfonamides is 1. The van der Waals surface area contributed by atoms with Crippen LogP contribution in [0.25, 0.3) is 0 Å². The third-order valence-corrected chi connectivity index (χ3v) is 5.81. The fourth-order valence-electron chi connectivity index (χ4n) is 2.95. The van der Waals surface area contributed by atoms with E-state index < -0.39 is 27.4 Å². The molecular weight excluding hydrogens is 406 g/mol. The zero-order valence-corrected chi connectivity index (χ0v) is 19.2. The van der Waals surface area contributed by atoms with Gasteiger partial charge in [-0.25, -0.2) is 17.9 Å². The Morgan fingerprint density at radius 1 is 1.13 bits per heavy atom. The molecule has 2 rings (SSSR count). The van der Waals surface area contributed by atoms with Crippen molar-refractivity contribution in [1.82, 2.24) is 9.71 Å². The molecule has 9 heteroatoms. The van der Waals surface area contributed by atoms with Crippen LogP contribution in [0.2, 0.25) is 0 Å². The van der Waals surface area contributed by atoms with Crippen LogP contribution < -0.4 is 10.0 Å². The second kappa shape index (κ2) is 8.61. The highest BCUT2D eigenvalue weighted by atomic mass is 32.2. The summed E-state index contributed by atoms with van der Waals surface area (Å²) in [6.07, 6.45) is -0.283. The number of hydrogen-bond donors (Lipinski definition) is 3. The van der Waals surface area contributed by atoms with Gasteiger partial charge in [-0.1, -0.05) is 6.07 Å². The number of anilines is 1. The second-order valence-electron chi connectivity index (χ2n) is 8.42. The van der Waals surface area contributed by atoms with Gasteiger partial charge in [-0.05, 0) is 72.2 Å². The summed E-state index contributed by atoms with van der Waals surface area (Å²) in [4.78, 5) is 28.0. The molecule has 0 fully saturated rings. The first kappa shape index (κ1) is 23.6. The molecule has 0 saturated carbocycles. The van der Waals surface area contributed by atoms with E-state index in [0.29, 0.717) is 22.5 Å². The third-order valence-electron chi connectivity index (χ3n) is 4.05. The lowest BCUT2D eigenvalue weighted by molar-refractivity contribution is 0.0376. The van der Waals surface area contributed by atoms with Crippen molar-refractivity contribution in [3.05, 3.63) is 46.8 Å². The van der Waals surface area contributed by atoms with Crippen LogP contribution in [0.15, 0.2) is 29.2 Å². The molecule has 1 heterocycles. The molecule has 0 atom stereocenters. The van der Waals surface area contributed by atoms with Gasteiger partial charge in [0.05, 0.1) is 16.6 Å². The zero-order valence-electron chi connectivity index (χ0n) is 18.3. The van der Waals surface area contributed by atoms with Crippen LogP contribution in [0.1, 0.15) is 66.7 Å². The molecule has 8 nitrogen and oxygen atoms in total. The lowest BCUT2D eigenvalue weighted by Crippen LogP contribution is -2.40. The molecule has 0 unspecified atom stereocenters. The number of rotatable bonds is 6. The van der Waals surface area contributed by atoms with Gasteiger partial charge in [0.2, 0.25) is 10.0 Å². The molecule has 1 aromatic heterocycles. The molecule has 30 heavy (non-hydrogen) atoms. The number of ether oxygens (including phenoxy) is 1. The van der Waals surface area contributed by atoms with Crippen molar-refractivity contribution in [2.75, 3.05) is 5.32 Å². The Hall–Kier alpha value is -2.65. The molecule has 0 spiro atoms. The van der Waals surface area contributed by atoms with E-state index >= 15 is 0 Å². The van der Waals surface area contributed by atoms with E-state index in [-0.39, 0.29) is 16.7 Å². The van der Waals surface area contributed by atoms with Crippen molar-refractivity contribution >= 4 is 27.6 Å². The van der Waals surface area contributed by atoms with Gasteiger partial charge in [-0.15, -0.1) is 0 Å². The number of nitrogens with one attached hydrogen (secondary N) is 3. The minimum absolute atomic E-state index is 0.0378. The normalized spacial score (nSPS) is 12.1. The SMILES string of the molecule is Cc1[nH]c(C(=O)Nc2cccc(S(=O)(=O)NC(C)(C)C)c2)c(C)c1C(=O)OC(C)C. The van der Waals surface area contributed by atoms with Crippen molar-refractivity contribution in [3.8, 4) is 0 Å². The molecule has 1 amide bonds. The summed E-state index contributed by atoms with van der Waals surface area (Å²) >= 11 is 0. The minimum atomic E-state index is -3.74. The number of benzene rings is 1. The summed E-state index contributed by atoms with van der Waals surface area (Å²) in [5.41, 5.74) is 1.19. The standard InChI is InChI=1S/C21H29N3O5S/c1-12(2)29-20(26)17-13(3)18(22-14(17)4)19(25)23-15-9-8-10-16(11-15)30(27,28)24-21(5,6)7/h8-12,22,24H,1-7H3,(H,23,25). The molecule has 0 aliphatic rings. The highest BCUT2D eigenvalue weighted by Crippen LogP contribution is 2.22. The molecule has 0 saturated heterocycles. The average molecular weight is 436 g/mol. The van der Waals surface area contributed by atoms with Gasteiger partial charge in [0.1, 0.15) is 5.69 Å². The summed E-state index contributed by atoms with van der Waals surface area (Å²) in [6, 6.07) is 5.97. The van der Waals surface area contributed by atoms with Crippen LogP contribution in [0.3, 0.4) is 0 Å². The highest BCUT2D eigenvalue weighted by molar-refractivity contribution is 7.89. The Balaban J connectivity index is 2.29. The molecule has 3 N–H and O–H groups in total. The Bertz CT molecular complexity index is 1060. The Kier molecular flexibility index (Phi) is 6.78. The summed E-state index contributed by atoms with van der Waals surface area (Å²) in [6.45, 7) is 12.1. The number of carbonyl (C=O) groups excluding carboxylic acids is 2. The maximum Gasteiger partial charge on any atom is 0.340 e. The molecule has 164 valence electrons. The topological polar surface area (TPSA) is 117 Å². The number of esters is 1. The first-order valence-electron chi connectivity index (χ1n) is 9.57. The van der Waals surface area contributed by atoms with Crippen LogP contribution in [0.4, 0.5) is 5.69 Å². The highest BCUT2D eigenvalue weighted by Gasteiger charge is 2.25. The fourth-order valence-corrected chi connectivity index (χ4v) is 4.42. The molecule has 1 aromatic carbocycles. The maximum atomic E-state index is 12.8. The first-order valence-corrected chi connectivity index (χ1v) is 11.0. The second-order valence-corrected chi connectivity index (χ2v) is 10.1. The number of aromatic amines is 1.